The van der Waals surface area contributed by atoms with Crippen molar-refractivity contribution in [1.29, 1.82) is 0 Å². The van der Waals surface area contributed by atoms with Crippen LogP contribution in [0.25, 0.3) is 0 Å². The number of amides is 1. The predicted molar refractivity (Wildman–Crippen MR) is 91.5 cm³/mol. The third kappa shape index (κ3) is 2.23. The zero-order valence-corrected chi connectivity index (χ0v) is 14.2. The molecule has 6 heteroatoms. The van der Waals surface area contributed by atoms with E-state index in [1.165, 1.54) is 24.1 Å². The van der Waals surface area contributed by atoms with Crippen LogP contribution in [0.3, 0.4) is 0 Å². The van der Waals surface area contributed by atoms with Gasteiger partial charge in [-0.15, -0.1) is 23.1 Å². The molecule has 2 atom stereocenters. The number of thioether (sulfide) groups is 1. The van der Waals surface area contributed by atoms with Crippen LogP contribution in [-0.2, 0) is 4.79 Å². The molecule has 112 valence electrons. The molecule has 0 spiro atoms. The summed E-state index contributed by atoms with van der Waals surface area (Å²) < 4.78 is 0. The Hall–Kier alpha value is -0.590. The molecule has 1 saturated carbocycles. The number of hydrogen-bond acceptors (Lipinski definition) is 4. The largest absolute Gasteiger partial charge is 0.319 e. The summed E-state index contributed by atoms with van der Waals surface area (Å²) in [6, 6.07) is 4.55. The Morgan fingerprint density at radius 1 is 1.24 bits per heavy atom. The van der Waals surface area contributed by atoms with Gasteiger partial charge < -0.3 is 4.90 Å². The maximum atomic E-state index is 12.8. The first kappa shape index (κ1) is 14.0. The van der Waals surface area contributed by atoms with Crippen molar-refractivity contribution in [2.75, 3.05) is 5.75 Å². The lowest BCUT2D eigenvalue weighted by Gasteiger charge is -2.32. The fraction of sp³-hybridized carbons (Fsp3) is 0.600. The molecule has 2 aliphatic heterocycles. The fourth-order valence-corrected chi connectivity index (χ4v) is 6.56. The first-order chi connectivity index (χ1) is 10.3. The van der Waals surface area contributed by atoms with E-state index in [9.17, 15) is 4.79 Å². The van der Waals surface area contributed by atoms with Crippen LogP contribution in [0.1, 0.15) is 42.4 Å². The van der Waals surface area contributed by atoms with Gasteiger partial charge in [0.15, 0.2) is 5.11 Å². The lowest BCUT2D eigenvalue weighted by atomic mass is 9.94. The maximum Gasteiger partial charge on any atom is 0.252 e. The molecule has 1 amide bonds. The van der Waals surface area contributed by atoms with E-state index < -0.39 is 0 Å². The summed E-state index contributed by atoms with van der Waals surface area (Å²) >= 11 is 9.32. The van der Waals surface area contributed by atoms with Gasteiger partial charge in [-0.3, -0.25) is 9.69 Å². The number of thiophene rings is 1. The van der Waals surface area contributed by atoms with Crippen LogP contribution >= 0.6 is 35.3 Å². The summed E-state index contributed by atoms with van der Waals surface area (Å²) in [5.74, 6) is 1.11. The minimum Gasteiger partial charge on any atom is -0.319 e. The van der Waals surface area contributed by atoms with E-state index >= 15 is 0 Å². The van der Waals surface area contributed by atoms with Gasteiger partial charge in [0.1, 0.15) is 11.4 Å². The molecule has 3 nitrogen and oxygen atoms in total. The summed E-state index contributed by atoms with van der Waals surface area (Å²) in [6.07, 6.45) is 5.98. The molecule has 0 aromatic carbocycles. The van der Waals surface area contributed by atoms with Crippen LogP contribution in [0.5, 0.6) is 0 Å². The molecule has 1 aromatic rings. The Kier molecular flexibility index (Phi) is 3.71. The van der Waals surface area contributed by atoms with Crippen LogP contribution in [0, 0.1) is 0 Å². The minimum atomic E-state index is -0.0310. The van der Waals surface area contributed by atoms with Crippen molar-refractivity contribution in [3.05, 3.63) is 22.4 Å². The van der Waals surface area contributed by atoms with Crippen molar-refractivity contribution in [3.8, 4) is 0 Å². The molecule has 3 aliphatic rings. The Labute approximate surface area is 138 Å². The molecule has 0 radical (unpaired) electrons. The average Bonchev–Trinajstić information content (AvgIpc) is 3.20. The first-order valence-electron chi connectivity index (χ1n) is 7.58. The third-order valence-electron chi connectivity index (χ3n) is 4.68. The van der Waals surface area contributed by atoms with Gasteiger partial charge in [-0.2, -0.15) is 0 Å². The summed E-state index contributed by atoms with van der Waals surface area (Å²) in [4.78, 5) is 18.3. The van der Waals surface area contributed by atoms with Crippen LogP contribution in [0.15, 0.2) is 17.5 Å². The fourth-order valence-electron chi connectivity index (χ4n) is 3.64. The SMILES string of the molecule is O=C1[C@@H]2CS[C@H](c3cccs3)N2C(=S)N1C1CCCCC1. The lowest BCUT2D eigenvalue weighted by molar-refractivity contribution is -0.129. The first-order valence-corrected chi connectivity index (χ1v) is 9.91. The van der Waals surface area contributed by atoms with Crippen molar-refractivity contribution in [2.45, 2.75) is 49.6 Å². The normalized spacial score (nSPS) is 30.3. The number of thiocarbonyl (C=S) groups is 1. The number of carbonyl (C=O) groups excluding carboxylic acids is 1. The number of nitrogens with zero attached hydrogens (tertiary/aromatic N) is 2. The van der Waals surface area contributed by atoms with Crippen molar-refractivity contribution >= 4 is 46.3 Å². The topological polar surface area (TPSA) is 23.6 Å². The van der Waals surface area contributed by atoms with E-state index in [-0.39, 0.29) is 17.3 Å². The Morgan fingerprint density at radius 2 is 2.05 bits per heavy atom. The third-order valence-corrected chi connectivity index (χ3v) is 7.46. The van der Waals surface area contributed by atoms with E-state index in [4.69, 9.17) is 12.2 Å². The standard InChI is InChI=1S/C15H18N2OS3/c18-13-11-9-21-14(12-7-4-8-20-12)17(11)15(19)16(13)10-5-2-1-3-6-10/h4,7-8,10-11,14H,1-3,5-6,9H2/t11-,14+/m0/s1. The summed E-state index contributed by atoms with van der Waals surface area (Å²) in [5, 5.41) is 3.11. The van der Waals surface area contributed by atoms with Crippen LogP contribution in [-0.4, -0.2) is 38.7 Å². The van der Waals surface area contributed by atoms with Crippen molar-refractivity contribution in [1.82, 2.24) is 9.80 Å². The molecule has 1 aliphatic carbocycles. The van der Waals surface area contributed by atoms with E-state index in [0.29, 0.717) is 6.04 Å². The zero-order chi connectivity index (χ0) is 14.4. The van der Waals surface area contributed by atoms with E-state index in [0.717, 1.165) is 23.7 Å². The Bertz CT molecular complexity index is 553. The zero-order valence-electron chi connectivity index (χ0n) is 11.7. The van der Waals surface area contributed by atoms with Crippen LogP contribution in [0.2, 0.25) is 0 Å². The second-order valence-corrected chi connectivity index (χ2v) is 8.36. The van der Waals surface area contributed by atoms with Gasteiger partial charge in [-0.25, -0.2) is 0 Å². The molecule has 3 fully saturated rings. The maximum absolute atomic E-state index is 12.8. The Balaban J connectivity index is 1.61. The van der Waals surface area contributed by atoms with E-state index in [1.54, 1.807) is 11.3 Å². The molecular weight excluding hydrogens is 320 g/mol. The van der Waals surface area contributed by atoms with Gasteiger partial charge in [-0.05, 0) is 36.5 Å². The molecule has 3 heterocycles. The van der Waals surface area contributed by atoms with E-state index in [2.05, 4.69) is 22.4 Å². The average molecular weight is 339 g/mol. The quantitative estimate of drug-likeness (QED) is 0.769. The molecule has 1 aromatic heterocycles. The summed E-state index contributed by atoms with van der Waals surface area (Å²) in [7, 11) is 0. The highest BCUT2D eigenvalue weighted by Crippen LogP contribution is 2.47. The van der Waals surface area contributed by atoms with E-state index in [1.807, 2.05) is 16.7 Å². The van der Waals surface area contributed by atoms with Crippen LogP contribution in [0.4, 0.5) is 0 Å². The molecule has 21 heavy (non-hydrogen) atoms. The number of hydrogen-bond donors (Lipinski definition) is 0. The van der Waals surface area contributed by atoms with Gasteiger partial charge in [0.25, 0.3) is 5.91 Å². The Morgan fingerprint density at radius 3 is 2.76 bits per heavy atom. The number of fused-ring (bicyclic) bond motifs is 1. The van der Waals surface area contributed by atoms with Gasteiger partial charge in [-0.1, -0.05) is 25.3 Å². The highest BCUT2D eigenvalue weighted by molar-refractivity contribution is 8.00. The monoisotopic (exact) mass is 338 g/mol. The molecule has 0 unspecified atom stereocenters. The summed E-state index contributed by atoms with van der Waals surface area (Å²) in [6.45, 7) is 0. The second kappa shape index (κ2) is 5.56. The van der Waals surface area contributed by atoms with Gasteiger partial charge >= 0.3 is 0 Å². The highest BCUT2D eigenvalue weighted by Gasteiger charge is 2.52. The van der Waals surface area contributed by atoms with Crippen molar-refractivity contribution in [3.63, 3.8) is 0 Å². The highest BCUT2D eigenvalue weighted by atomic mass is 32.2. The lowest BCUT2D eigenvalue weighted by Crippen LogP contribution is -2.42. The van der Waals surface area contributed by atoms with Crippen LogP contribution < -0.4 is 0 Å². The number of carbonyl (C=O) groups is 1. The number of rotatable bonds is 2. The van der Waals surface area contributed by atoms with Crippen molar-refractivity contribution < 1.29 is 4.79 Å². The molecule has 2 saturated heterocycles. The molecular formula is C15H18N2OS3. The van der Waals surface area contributed by atoms with Gasteiger partial charge in [0.05, 0.1) is 0 Å². The van der Waals surface area contributed by atoms with Crippen molar-refractivity contribution in [2.24, 2.45) is 0 Å². The van der Waals surface area contributed by atoms with Gasteiger partial charge in [0, 0.05) is 16.7 Å². The molecule has 0 N–H and O–H groups in total. The predicted octanol–water partition coefficient (Wildman–Crippen LogP) is 3.62. The molecule has 4 rings (SSSR count). The van der Waals surface area contributed by atoms with Gasteiger partial charge in [0.2, 0.25) is 0 Å². The summed E-state index contributed by atoms with van der Waals surface area (Å²) in [5.41, 5.74) is 0. The molecule has 0 bridgehead atoms. The smallest absolute Gasteiger partial charge is 0.252 e. The minimum absolute atomic E-state index is 0.0310. The second-order valence-electron chi connectivity index (χ2n) is 5.91.